The minimum atomic E-state index is -0.106. The van der Waals surface area contributed by atoms with E-state index in [0.717, 1.165) is 62.9 Å². The zero-order valence-electron chi connectivity index (χ0n) is 27.7. The summed E-state index contributed by atoms with van der Waals surface area (Å²) in [5.74, 6) is 2.15. The molecule has 246 valence electrons. The fraction of sp³-hybridized carbons (Fsp3) is 0.455. The highest BCUT2D eigenvalue weighted by molar-refractivity contribution is 5.93. The molecule has 2 fully saturated rings. The van der Waals surface area contributed by atoms with Gasteiger partial charge < -0.3 is 25.6 Å². The number of nitrogens with two attached hydrogens (primary N) is 1. The lowest BCUT2D eigenvalue weighted by Crippen LogP contribution is -2.52. The molecule has 2 saturated heterocycles. The maximum absolute atomic E-state index is 8.97. The molecule has 0 amide bonds. The summed E-state index contributed by atoms with van der Waals surface area (Å²) in [6, 6.07) is 20.5. The van der Waals surface area contributed by atoms with Crippen molar-refractivity contribution in [3.63, 3.8) is 0 Å². The molecule has 1 atom stereocenters. The van der Waals surface area contributed by atoms with Crippen LogP contribution in [-0.2, 0) is 13.1 Å². The summed E-state index contributed by atoms with van der Waals surface area (Å²) >= 11 is 0. The molecule has 14 nitrogen and oxygen atoms in total. The Bertz CT molecular complexity index is 1780. The van der Waals surface area contributed by atoms with Gasteiger partial charge in [-0.25, -0.2) is 14.3 Å². The molecule has 0 spiro atoms. The number of rotatable bonds is 8. The molecule has 0 bridgehead atoms. The van der Waals surface area contributed by atoms with Crippen molar-refractivity contribution in [3.05, 3.63) is 87.8 Å². The van der Waals surface area contributed by atoms with Crippen molar-refractivity contribution in [3.8, 4) is 6.07 Å². The van der Waals surface area contributed by atoms with E-state index in [4.69, 9.17) is 16.0 Å². The first-order chi connectivity index (χ1) is 22.7. The van der Waals surface area contributed by atoms with Crippen molar-refractivity contribution in [2.24, 2.45) is 10.9 Å². The molecule has 0 saturated carbocycles. The molecule has 2 aromatic heterocycles. The van der Waals surface area contributed by atoms with Crippen molar-refractivity contribution < 1.29 is 5.21 Å². The van der Waals surface area contributed by atoms with Gasteiger partial charge in [-0.2, -0.15) is 4.98 Å². The molecule has 2 aromatic carbocycles. The number of benzene rings is 2. The molecule has 14 heteroatoms. The van der Waals surface area contributed by atoms with Crippen LogP contribution in [0.3, 0.4) is 0 Å². The minimum absolute atomic E-state index is 0.106. The number of amidine groups is 1. The number of nitrogens with zero attached hydrogens (tertiary/aromatic N) is 12. The Labute approximate surface area is 275 Å². The second kappa shape index (κ2) is 14.2. The Hall–Kier alpha value is -5.00. The van der Waals surface area contributed by atoms with Crippen LogP contribution in [0.4, 0.5) is 11.4 Å². The topological polar surface area (TPSA) is 137 Å². The highest BCUT2D eigenvalue weighted by Gasteiger charge is 2.28. The van der Waals surface area contributed by atoms with Crippen LogP contribution in [0.5, 0.6) is 0 Å². The summed E-state index contributed by atoms with van der Waals surface area (Å²) in [5, 5.41) is 21.1. The van der Waals surface area contributed by atoms with Gasteiger partial charge >= 0.3 is 11.9 Å². The summed E-state index contributed by atoms with van der Waals surface area (Å²) in [6.45, 7) is 12.5. The van der Waals surface area contributed by atoms with Crippen molar-refractivity contribution in [1.29, 1.82) is 0 Å². The highest BCUT2D eigenvalue weighted by Crippen LogP contribution is 2.22. The van der Waals surface area contributed by atoms with Crippen molar-refractivity contribution in [2.45, 2.75) is 33.0 Å². The van der Waals surface area contributed by atoms with Gasteiger partial charge in [0.25, 0.3) is 6.54 Å². The van der Waals surface area contributed by atoms with Crippen LogP contribution in [0, 0.1) is 19.9 Å². The standard InChI is InChI=1S/C33H43N13O/c1-24-36-31(38-45(24)21-26-7-5-9-28(17-26)43-14-11-41(3)12-15-43)20-35-19-30-23-44(16-13-42(30)4)29-10-6-8-27(18-29)22-46-25(2)37-33(39-46)32(34)40-47/h5-10,17-18,30,34,38H,11-16,19,21-23H2,1-4H3/p+1. The van der Waals surface area contributed by atoms with Gasteiger partial charge in [0.05, 0.1) is 13.1 Å². The lowest BCUT2D eigenvalue weighted by Gasteiger charge is -2.38. The van der Waals surface area contributed by atoms with E-state index in [2.05, 4.69) is 113 Å². The van der Waals surface area contributed by atoms with Crippen LogP contribution in [0.1, 0.15) is 34.4 Å². The number of aryl methyl sites for hydroxylation is 2. The molecule has 0 aliphatic carbocycles. The fourth-order valence-electron chi connectivity index (χ4n) is 6.05. The normalized spacial score (nSPS) is 18.0. The lowest BCUT2D eigenvalue weighted by molar-refractivity contribution is 0.231. The number of oxime groups is 1. The summed E-state index contributed by atoms with van der Waals surface area (Å²) in [7, 11) is 4.32. The van der Waals surface area contributed by atoms with Gasteiger partial charge in [-0.3, -0.25) is 4.90 Å². The van der Waals surface area contributed by atoms with Gasteiger partial charge in [-0.15, -0.1) is 10.2 Å². The van der Waals surface area contributed by atoms with E-state index in [9.17, 15) is 0 Å². The zero-order chi connectivity index (χ0) is 32.9. The van der Waals surface area contributed by atoms with Gasteiger partial charge in [-0.1, -0.05) is 34.3 Å². The molecule has 4 heterocycles. The number of likely N-dealkylation sites (N-methyl/N-ethyl adjacent to an activating group) is 2. The van der Waals surface area contributed by atoms with E-state index >= 15 is 0 Å². The molecule has 1 unspecified atom stereocenters. The highest BCUT2D eigenvalue weighted by atomic mass is 16.4. The van der Waals surface area contributed by atoms with Crippen LogP contribution >= 0.6 is 0 Å². The Kier molecular flexibility index (Phi) is 9.65. The third-order valence-corrected chi connectivity index (χ3v) is 9.03. The largest absolute Gasteiger partial charge is 0.409 e. The Morgan fingerprint density at radius 3 is 2.17 bits per heavy atom. The van der Waals surface area contributed by atoms with E-state index < -0.39 is 0 Å². The fourth-order valence-corrected chi connectivity index (χ4v) is 6.05. The second-order valence-corrected chi connectivity index (χ2v) is 12.4. The molecule has 4 aromatic rings. The summed E-state index contributed by atoms with van der Waals surface area (Å²) < 4.78 is 3.69. The van der Waals surface area contributed by atoms with Gasteiger partial charge in [0.2, 0.25) is 11.7 Å². The van der Waals surface area contributed by atoms with Crippen LogP contribution < -0.4 is 15.5 Å². The van der Waals surface area contributed by atoms with Gasteiger partial charge in [0, 0.05) is 57.2 Å². The Morgan fingerprint density at radius 1 is 0.872 bits per heavy atom. The van der Waals surface area contributed by atoms with Crippen LogP contribution in [0.15, 0.2) is 53.7 Å². The predicted molar refractivity (Wildman–Crippen MR) is 183 cm³/mol. The maximum atomic E-state index is 8.97. The number of hydrogen-bond acceptors (Lipinski definition) is 10. The summed E-state index contributed by atoms with van der Waals surface area (Å²) in [6.07, 6.45) is 0. The number of piperazine rings is 2. The Morgan fingerprint density at radius 2 is 1.49 bits per heavy atom. The molecule has 2 aliphatic heterocycles. The first-order valence-corrected chi connectivity index (χ1v) is 16.1. The van der Waals surface area contributed by atoms with E-state index in [-0.39, 0.29) is 17.7 Å². The van der Waals surface area contributed by atoms with Crippen LogP contribution in [0.25, 0.3) is 4.85 Å². The molecule has 0 radical (unpaired) electrons. The number of aromatic nitrogens is 6. The maximum Gasteiger partial charge on any atom is 0.354 e. The van der Waals surface area contributed by atoms with Crippen LogP contribution in [-0.4, -0.2) is 123 Å². The van der Waals surface area contributed by atoms with Crippen molar-refractivity contribution in [1.82, 2.24) is 39.3 Å². The van der Waals surface area contributed by atoms with Crippen molar-refractivity contribution in [2.75, 3.05) is 76.3 Å². The number of anilines is 2. The van der Waals surface area contributed by atoms with Crippen molar-refractivity contribution >= 4 is 17.2 Å². The molecular formula is C33H44N13O+. The van der Waals surface area contributed by atoms with E-state index in [0.29, 0.717) is 31.3 Å². The molecule has 6 rings (SSSR count). The minimum Gasteiger partial charge on any atom is -0.409 e. The summed E-state index contributed by atoms with van der Waals surface area (Å²) in [4.78, 5) is 23.2. The third-order valence-electron chi connectivity index (χ3n) is 9.03. The van der Waals surface area contributed by atoms with Gasteiger partial charge in [-0.05, 0) is 63.3 Å². The van der Waals surface area contributed by atoms with E-state index in [1.54, 1.807) is 4.68 Å². The van der Waals surface area contributed by atoms with Gasteiger partial charge in [0.15, 0.2) is 0 Å². The predicted octanol–water partition coefficient (Wildman–Crippen LogP) is 1.93. The number of hydrogen-bond donors (Lipinski definition) is 2. The van der Waals surface area contributed by atoms with Gasteiger partial charge in [0.1, 0.15) is 17.7 Å². The second-order valence-electron chi connectivity index (χ2n) is 12.4. The molecule has 2 aliphatic rings. The quantitative estimate of drug-likeness (QED) is 0.128. The van der Waals surface area contributed by atoms with E-state index in [1.807, 2.05) is 18.5 Å². The lowest BCUT2D eigenvalue weighted by atomic mass is 10.1. The SMILES string of the molecule is Cc1nc(C#[N+]CC2CN(c3cccc(Cn4nc(C(N)=NO)nc4C)c3)CCN2C)nn1Cc1cccc(N2CCN(C)CC2)c1. The van der Waals surface area contributed by atoms with E-state index in [1.165, 1.54) is 11.3 Å². The zero-order valence-corrected chi connectivity index (χ0v) is 27.7. The molecule has 3 N–H and O–H groups in total. The first-order valence-electron chi connectivity index (χ1n) is 16.1. The third kappa shape index (κ3) is 7.70. The summed E-state index contributed by atoms with van der Waals surface area (Å²) in [5.41, 5.74) is 10.4. The molecular weight excluding hydrogens is 594 g/mol. The monoisotopic (exact) mass is 638 g/mol. The first kappa shape index (κ1) is 32.0. The Balaban J connectivity index is 1.07. The van der Waals surface area contributed by atoms with Crippen LogP contribution in [0.2, 0.25) is 0 Å². The smallest absolute Gasteiger partial charge is 0.354 e. The average molecular weight is 639 g/mol. The molecule has 47 heavy (non-hydrogen) atoms. The average Bonchev–Trinajstić information content (AvgIpc) is 3.62.